The molecule has 3 N–H and O–H groups in total. The number of aromatic nitrogens is 3. The van der Waals surface area contributed by atoms with Gasteiger partial charge >= 0.3 is 0 Å². The van der Waals surface area contributed by atoms with Gasteiger partial charge in [-0.3, -0.25) is 9.88 Å². The standard InChI is InChI=1S/C18H27N5O/c1-13(2)3-5-15-17(19)22-18(21-15)16-6-4-14(11-20-16)12-23-7-9-24-10-8-23/h4,6,11,13H,3,5,7-10,12,19H2,1-2H3,(H,21,22). The molecular formula is C18H27N5O. The third-order valence-electron chi connectivity index (χ3n) is 4.35. The second-order valence-electron chi connectivity index (χ2n) is 6.82. The Morgan fingerprint density at radius 1 is 1.29 bits per heavy atom. The molecule has 0 amide bonds. The predicted molar refractivity (Wildman–Crippen MR) is 95.5 cm³/mol. The smallest absolute Gasteiger partial charge is 0.157 e. The number of nitrogens with one attached hydrogen (secondary N) is 1. The fourth-order valence-electron chi connectivity index (χ4n) is 2.84. The Balaban J connectivity index is 1.65. The van der Waals surface area contributed by atoms with Crippen molar-refractivity contribution in [3.8, 4) is 11.5 Å². The molecule has 0 unspecified atom stereocenters. The van der Waals surface area contributed by atoms with Gasteiger partial charge in [0, 0.05) is 25.8 Å². The lowest BCUT2D eigenvalue weighted by atomic mass is 10.1. The lowest BCUT2D eigenvalue weighted by molar-refractivity contribution is 0.0341. The molecule has 0 spiro atoms. The van der Waals surface area contributed by atoms with Crippen molar-refractivity contribution < 1.29 is 4.74 Å². The Labute approximate surface area is 143 Å². The van der Waals surface area contributed by atoms with Crippen molar-refractivity contribution in [1.82, 2.24) is 19.9 Å². The number of nitrogens with two attached hydrogens (primary N) is 1. The van der Waals surface area contributed by atoms with Crippen LogP contribution < -0.4 is 5.73 Å². The highest BCUT2D eigenvalue weighted by Crippen LogP contribution is 2.20. The van der Waals surface area contributed by atoms with E-state index in [9.17, 15) is 0 Å². The van der Waals surface area contributed by atoms with Gasteiger partial charge in [0.2, 0.25) is 0 Å². The van der Waals surface area contributed by atoms with Gasteiger partial charge in [-0.05, 0) is 30.4 Å². The highest BCUT2D eigenvalue weighted by molar-refractivity contribution is 5.55. The van der Waals surface area contributed by atoms with Crippen molar-refractivity contribution >= 4 is 5.82 Å². The molecule has 6 heteroatoms. The SMILES string of the molecule is CC(C)CCc1nc(-c2ccc(CN3CCOCC3)cn2)[nH]c1N. The van der Waals surface area contributed by atoms with Gasteiger partial charge in [-0.1, -0.05) is 19.9 Å². The minimum Gasteiger partial charge on any atom is -0.384 e. The first kappa shape index (κ1) is 16.9. The van der Waals surface area contributed by atoms with E-state index in [1.165, 1.54) is 5.56 Å². The zero-order valence-electron chi connectivity index (χ0n) is 14.6. The van der Waals surface area contributed by atoms with Gasteiger partial charge in [0.05, 0.1) is 18.9 Å². The number of ether oxygens (including phenoxy) is 1. The quantitative estimate of drug-likeness (QED) is 0.851. The van der Waals surface area contributed by atoms with E-state index in [0.717, 1.165) is 62.9 Å². The molecule has 24 heavy (non-hydrogen) atoms. The average Bonchev–Trinajstić information content (AvgIpc) is 2.95. The van der Waals surface area contributed by atoms with Crippen molar-refractivity contribution in [2.24, 2.45) is 5.92 Å². The van der Waals surface area contributed by atoms with Crippen LogP contribution in [0.3, 0.4) is 0 Å². The summed E-state index contributed by atoms with van der Waals surface area (Å²) in [7, 11) is 0. The monoisotopic (exact) mass is 329 g/mol. The van der Waals surface area contributed by atoms with Gasteiger partial charge in [-0.2, -0.15) is 0 Å². The minimum absolute atomic E-state index is 0.641. The summed E-state index contributed by atoms with van der Waals surface area (Å²) in [5.41, 5.74) is 9.04. The molecule has 1 fully saturated rings. The van der Waals surface area contributed by atoms with Crippen LogP contribution in [0.25, 0.3) is 11.5 Å². The van der Waals surface area contributed by atoms with E-state index in [-0.39, 0.29) is 0 Å². The third kappa shape index (κ3) is 4.33. The number of aryl methyl sites for hydroxylation is 1. The Hall–Kier alpha value is -1.92. The summed E-state index contributed by atoms with van der Waals surface area (Å²) < 4.78 is 5.38. The van der Waals surface area contributed by atoms with E-state index in [0.29, 0.717) is 11.7 Å². The molecule has 1 saturated heterocycles. The van der Waals surface area contributed by atoms with E-state index in [1.807, 2.05) is 12.3 Å². The summed E-state index contributed by atoms with van der Waals surface area (Å²) in [6.07, 6.45) is 3.91. The molecule has 2 aromatic heterocycles. The Bertz CT molecular complexity index is 644. The maximum absolute atomic E-state index is 6.05. The molecule has 0 aromatic carbocycles. The number of morpholine rings is 1. The number of pyridine rings is 1. The second-order valence-corrected chi connectivity index (χ2v) is 6.82. The van der Waals surface area contributed by atoms with Crippen LogP contribution in [-0.4, -0.2) is 46.2 Å². The van der Waals surface area contributed by atoms with Crippen molar-refractivity contribution in [1.29, 1.82) is 0 Å². The fraction of sp³-hybridized carbons (Fsp3) is 0.556. The summed E-state index contributed by atoms with van der Waals surface area (Å²) in [4.78, 5) is 14.7. The van der Waals surface area contributed by atoms with E-state index < -0.39 is 0 Å². The summed E-state index contributed by atoms with van der Waals surface area (Å²) in [5, 5.41) is 0. The number of H-pyrrole nitrogens is 1. The van der Waals surface area contributed by atoms with Crippen LogP contribution in [0.15, 0.2) is 18.3 Å². The number of hydrogen-bond donors (Lipinski definition) is 2. The molecular weight excluding hydrogens is 302 g/mol. The van der Waals surface area contributed by atoms with Gasteiger partial charge in [0.1, 0.15) is 11.5 Å². The number of nitrogens with zero attached hydrogens (tertiary/aromatic N) is 3. The Morgan fingerprint density at radius 2 is 2.08 bits per heavy atom. The molecule has 130 valence electrons. The normalized spacial score (nSPS) is 16.0. The van der Waals surface area contributed by atoms with Gasteiger partial charge in [-0.25, -0.2) is 4.98 Å². The van der Waals surface area contributed by atoms with Gasteiger partial charge in [0.15, 0.2) is 5.82 Å². The predicted octanol–water partition coefficient (Wildman–Crippen LogP) is 2.47. The number of hydrogen-bond acceptors (Lipinski definition) is 5. The first-order chi connectivity index (χ1) is 11.6. The highest BCUT2D eigenvalue weighted by Gasteiger charge is 2.13. The topological polar surface area (TPSA) is 80.1 Å². The molecule has 6 nitrogen and oxygen atoms in total. The third-order valence-corrected chi connectivity index (χ3v) is 4.35. The van der Waals surface area contributed by atoms with Crippen LogP contribution in [0.5, 0.6) is 0 Å². The molecule has 3 heterocycles. The zero-order valence-corrected chi connectivity index (χ0v) is 14.6. The van der Waals surface area contributed by atoms with Crippen LogP contribution in [0.4, 0.5) is 5.82 Å². The second kappa shape index (κ2) is 7.77. The molecule has 0 saturated carbocycles. The molecule has 0 radical (unpaired) electrons. The van der Waals surface area contributed by atoms with Crippen LogP contribution in [0, 0.1) is 5.92 Å². The lowest BCUT2D eigenvalue weighted by Gasteiger charge is -2.26. The van der Waals surface area contributed by atoms with Crippen LogP contribution in [-0.2, 0) is 17.7 Å². The lowest BCUT2D eigenvalue weighted by Crippen LogP contribution is -2.35. The molecule has 3 rings (SSSR count). The zero-order chi connectivity index (χ0) is 16.9. The number of imidazole rings is 1. The number of rotatable bonds is 6. The highest BCUT2D eigenvalue weighted by atomic mass is 16.5. The summed E-state index contributed by atoms with van der Waals surface area (Å²) in [5.74, 6) is 2.05. The maximum atomic E-state index is 6.05. The van der Waals surface area contributed by atoms with Gasteiger partial charge in [-0.15, -0.1) is 0 Å². The maximum Gasteiger partial charge on any atom is 0.157 e. The van der Waals surface area contributed by atoms with Crippen LogP contribution in [0.2, 0.25) is 0 Å². The van der Waals surface area contributed by atoms with E-state index in [4.69, 9.17) is 10.5 Å². The summed E-state index contributed by atoms with van der Waals surface area (Å²) in [6, 6.07) is 4.13. The van der Waals surface area contributed by atoms with E-state index in [1.54, 1.807) is 0 Å². The molecule has 0 atom stereocenters. The van der Waals surface area contributed by atoms with Crippen molar-refractivity contribution in [3.63, 3.8) is 0 Å². The molecule has 1 aliphatic rings. The van der Waals surface area contributed by atoms with Gasteiger partial charge in [0.25, 0.3) is 0 Å². The number of aromatic amines is 1. The first-order valence-corrected chi connectivity index (χ1v) is 8.71. The largest absolute Gasteiger partial charge is 0.384 e. The van der Waals surface area contributed by atoms with Crippen molar-refractivity contribution in [2.75, 3.05) is 32.0 Å². The Kier molecular flexibility index (Phi) is 5.48. The first-order valence-electron chi connectivity index (χ1n) is 8.71. The van der Waals surface area contributed by atoms with Gasteiger partial charge < -0.3 is 15.5 Å². The van der Waals surface area contributed by atoms with Crippen molar-refractivity contribution in [3.05, 3.63) is 29.6 Å². The summed E-state index contributed by atoms with van der Waals surface area (Å²) >= 11 is 0. The molecule has 2 aromatic rings. The fourth-order valence-corrected chi connectivity index (χ4v) is 2.84. The number of anilines is 1. The Morgan fingerprint density at radius 3 is 2.75 bits per heavy atom. The summed E-state index contributed by atoms with van der Waals surface area (Å²) in [6.45, 7) is 8.92. The molecule has 0 bridgehead atoms. The van der Waals surface area contributed by atoms with E-state index >= 15 is 0 Å². The average molecular weight is 329 g/mol. The minimum atomic E-state index is 0.641. The van der Waals surface area contributed by atoms with Crippen molar-refractivity contribution in [2.45, 2.75) is 33.2 Å². The van der Waals surface area contributed by atoms with Crippen LogP contribution in [0.1, 0.15) is 31.5 Å². The number of nitrogen functional groups attached to an aromatic ring is 1. The van der Waals surface area contributed by atoms with E-state index in [2.05, 4.69) is 39.8 Å². The molecule has 1 aliphatic heterocycles. The molecule has 0 aliphatic carbocycles. The van der Waals surface area contributed by atoms with Crippen LogP contribution >= 0.6 is 0 Å².